The molecule has 8 aromatic rings. The van der Waals surface area contributed by atoms with Crippen LogP contribution in [0.5, 0.6) is 0 Å². The van der Waals surface area contributed by atoms with Gasteiger partial charge in [-0.05, 0) is 44.5 Å². The van der Waals surface area contributed by atoms with Crippen LogP contribution in [0, 0.1) is 11.3 Å². The number of para-hydroxylation sites is 3. The second-order valence-corrected chi connectivity index (χ2v) is 15.4. The summed E-state index contributed by atoms with van der Waals surface area (Å²) in [6.07, 6.45) is 0. The topological polar surface area (TPSA) is 28.7 Å². The molecule has 0 aliphatic carbocycles. The quantitative estimate of drug-likeness (QED) is 0.142. The first-order chi connectivity index (χ1) is 22.8. The Morgan fingerprint density at radius 1 is 0.413 bits per heavy atom. The zero-order valence-corrected chi connectivity index (χ0v) is 26.2. The third-order valence-corrected chi connectivity index (χ3v) is 14.0. The molecular formula is C43H30N2Si. The predicted molar refractivity (Wildman–Crippen MR) is 195 cm³/mol. The van der Waals surface area contributed by atoms with Crippen molar-refractivity contribution < 1.29 is 0 Å². The second-order valence-electron chi connectivity index (χ2n) is 11.6. The van der Waals surface area contributed by atoms with Gasteiger partial charge in [0.25, 0.3) is 0 Å². The molecule has 0 fully saturated rings. The van der Waals surface area contributed by atoms with Gasteiger partial charge < -0.3 is 4.57 Å². The molecule has 0 radical (unpaired) electrons. The molecule has 0 saturated carbocycles. The Balaban J connectivity index is 1.37. The van der Waals surface area contributed by atoms with Crippen LogP contribution in [0.2, 0.25) is 0 Å². The molecule has 8 rings (SSSR count). The Kier molecular flexibility index (Phi) is 6.91. The van der Waals surface area contributed by atoms with E-state index in [1.54, 1.807) is 0 Å². The molecule has 0 spiro atoms. The molecule has 1 heterocycles. The summed E-state index contributed by atoms with van der Waals surface area (Å²) < 4.78 is 2.27. The zero-order valence-electron chi connectivity index (χ0n) is 25.2. The second kappa shape index (κ2) is 11.5. The van der Waals surface area contributed by atoms with Crippen LogP contribution in [0.15, 0.2) is 182 Å². The van der Waals surface area contributed by atoms with Crippen LogP contribution in [-0.4, -0.2) is 12.6 Å². The Labute approximate surface area is 270 Å². The fourth-order valence-electron chi connectivity index (χ4n) is 7.24. The molecule has 46 heavy (non-hydrogen) atoms. The summed E-state index contributed by atoms with van der Waals surface area (Å²) in [5.41, 5.74) is 5.85. The highest BCUT2D eigenvalue weighted by atomic mass is 28.3. The van der Waals surface area contributed by atoms with Crippen molar-refractivity contribution in [2.24, 2.45) is 0 Å². The Morgan fingerprint density at radius 3 is 1.33 bits per heavy atom. The number of rotatable bonds is 6. The average molecular weight is 603 g/mol. The molecule has 0 N–H and O–H groups in total. The van der Waals surface area contributed by atoms with E-state index >= 15 is 0 Å². The van der Waals surface area contributed by atoms with Gasteiger partial charge in [0, 0.05) is 16.3 Å². The lowest BCUT2D eigenvalue weighted by atomic mass is 10.00. The first kappa shape index (κ1) is 27.6. The highest BCUT2D eigenvalue weighted by molar-refractivity contribution is 7.19. The first-order valence-corrected chi connectivity index (χ1v) is 17.6. The van der Waals surface area contributed by atoms with Gasteiger partial charge in [-0.1, -0.05) is 164 Å². The van der Waals surface area contributed by atoms with Crippen LogP contribution < -0.4 is 20.7 Å². The fraction of sp³-hybridized carbons (Fsp3) is 0. The SMILES string of the molecule is N#Cc1cccc(-c2ccc([Si](c3ccccc3)(c3ccccc3)c3ccccc3)cc2)c1-n1c2ccccc2c2ccccc21. The lowest BCUT2D eigenvalue weighted by molar-refractivity contribution is 1.17. The summed E-state index contributed by atoms with van der Waals surface area (Å²) in [5, 5.41) is 18.1. The van der Waals surface area contributed by atoms with E-state index in [9.17, 15) is 5.26 Å². The van der Waals surface area contributed by atoms with E-state index in [1.807, 2.05) is 12.1 Å². The van der Waals surface area contributed by atoms with Crippen LogP contribution in [0.3, 0.4) is 0 Å². The van der Waals surface area contributed by atoms with Crippen molar-refractivity contribution in [2.75, 3.05) is 0 Å². The minimum atomic E-state index is -2.64. The van der Waals surface area contributed by atoms with Crippen molar-refractivity contribution in [3.8, 4) is 22.9 Å². The molecule has 7 aromatic carbocycles. The Morgan fingerprint density at radius 2 is 0.848 bits per heavy atom. The van der Waals surface area contributed by atoms with E-state index in [-0.39, 0.29) is 0 Å². The van der Waals surface area contributed by atoms with Gasteiger partial charge in [-0.15, -0.1) is 0 Å². The van der Waals surface area contributed by atoms with Crippen LogP contribution in [-0.2, 0) is 0 Å². The molecule has 2 nitrogen and oxygen atoms in total. The average Bonchev–Trinajstić information content (AvgIpc) is 3.47. The molecule has 0 aliphatic rings. The maximum atomic E-state index is 10.4. The number of benzene rings is 7. The lowest BCUT2D eigenvalue weighted by Crippen LogP contribution is -2.74. The molecule has 0 unspecified atom stereocenters. The number of nitriles is 1. The van der Waals surface area contributed by atoms with Crippen LogP contribution in [0.4, 0.5) is 0 Å². The summed E-state index contributed by atoms with van der Waals surface area (Å²) in [4.78, 5) is 0. The smallest absolute Gasteiger partial charge is 0.179 e. The van der Waals surface area contributed by atoms with Gasteiger partial charge in [-0.3, -0.25) is 0 Å². The Bertz CT molecular complexity index is 2200. The van der Waals surface area contributed by atoms with E-state index < -0.39 is 8.07 Å². The minimum absolute atomic E-state index is 0.648. The molecule has 0 amide bonds. The molecule has 216 valence electrons. The van der Waals surface area contributed by atoms with Crippen molar-refractivity contribution in [1.29, 1.82) is 5.26 Å². The van der Waals surface area contributed by atoms with Crippen molar-refractivity contribution in [3.63, 3.8) is 0 Å². The number of nitrogens with zero attached hydrogens (tertiary/aromatic N) is 2. The van der Waals surface area contributed by atoms with Crippen molar-refractivity contribution >= 4 is 50.6 Å². The van der Waals surface area contributed by atoms with Crippen LogP contribution in [0.25, 0.3) is 38.6 Å². The third kappa shape index (κ3) is 4.31. The van der Waals surface area contributed by atoms with E-state index in [2.05, 4.69) is 180 Å². The normalized spacial score (nSPS) is 11.5. The summed E-state index contributed by atoms with van der Waals surface area (Å²) >= 11 is 0. The van der Waals surface area contributed by atoms with Crippen molar-refractivity contribution in [1.82, 2.24) is 4.57 Å². The van der Waals surface area contributed by atoms with Crippen LogP contribution in [0.1, 0.15) is 5.56 Å². The lowest BCUT2D eigenvalue weighted by Gasteiger charge is -2.34. The van der Waals surface area contributed by atoms with E-state index in [1.165, 1.54) is 31.5 Å². The van der Waals surface area contributed by atoms with Crippen molar-refractivity contribution in [3.05, 3.63) is 188 Å². The molecule has 1 aromatic heterocycles. The van der Waals surface area contributed by atoms with Crippen molar-refractivity contribution in [2.45, 2.75) is 0 Å². The maximum absolute atomic E-state index is 10.4. The van der Waals surface area contributed by atoms with Gasteiger partial charge >= 0.3 is 0 Å². The largest absolute Gasteiger partial charge is 0.307 e. The summed E-state index contributed by atoms with van der Waals surface area (Å²) in [6.45, 7) is 0. The number of aromatic nitrogens is 1. The highest BCUT2D eigenvalue weighted by Gasteiger charge is 2.41. The molecule has 0 atom stereocenters. The standard InChI is InChI=1S/C43H30N2Si/c44-31-33-15-14-24-38(43(33)45-41-25-12-10-22-39(41)40-23-11-13-26-42(40)45)32-27-29-37(30-28-32)46(34-16-4-1-5-17-34,35-18-6-2-7-19-35)36-20-8-3-9-21-36/h1-30H. The molecule has 0 saturated heterocycles. The van der Waals surface area contributed by atoms with Gasteiger partial charge in [0.05, 0.1) is 22.3 Å². The predicted octanol–water partition coefficient (Wildman–Crippen LogP) is 7.70. The highest BCUT2D eigenvalue weighted by Crippen LogP contribution is 2.37. The number of fused-ring (bicyclic) bond motifs is 3. The minimum Gasteiger partial charge on any atom is -0.307 e. The molecule has 0 bridgehead atoms. The third-order valence-electron chi connectivity index (χ3n) is 9.21. The summed E-state index contributed by atoms with van der Waals surface area (Å²) in [7, 11) is -2.64. The van der Waals surface area contributed by atoms with Gasteiger partial charge in [-0.2, -0.15) is 5.26 Å². The Hall–Kier alpha value is -5.95. The number of hydrogen-bond donors (Lipinski definition) is 0. The van der Waals surface area contributed by atoms with Gasteiger partial charge in [0.2, 0.25) is 0 Å². The fourth-order valence-corrected chi connectivity index (χ4v) is 12.0. The van der Waals surface area contributed by atoms with Gasteiger partial charge in [-0.25, -0.2) is 0 Å². The zero-order chi connectivity index (χ0) is 30.9. The van der Waals surface area contributed by atoms with Gasteiger partial charge in [0.15, 0.2) is 8.07 Å². The summed E-state index contributed by atoms with van der Waals surface area (Å²) in [6, 6.07) is 67.6. The van der Waals surface area contributed by atoms with E-state index in [0.29, 0.717) is 5.56 Å². The van der Waals surface area contributed by atoms with Gasteiger partial charge in [0.1, 0.15) is 6.07 Å². The van der Waals surface area contributed by atoms with E-state index in [0.717, 1.165) is 27.8 Å². The molecule has 3 heteroatoms. The first-order valence-electron chi connectivity index (χ1n) is 15.6. The molecule has 0 aliphatic heterocycles. The van der Waals surface area contributed by atoms with Crippen LogP contribution >= 0.6 is 0 Å². The maximum Gasteiger partial charge on any atom is 0.179 e. The monoisotopic (exact) mass is 602 g/mol. The summed E-state index contributed by atoms with van der Waals surface area (Å²) in [5.74, 6) is 0. The number of hydrogen-bond acceptors (Lipinski definition) is 1. The molecular weight excluding hydrogens is 573 g/mol. The van der Waals surface area contributed by atoms with E-state index in [4.69, 9.17) is 0 Å².